The minimum Gasteiger partial charge on any atom is -0.396 e. The van der Waals surface area contributed by atoms with E-state index >= 15 is 0 Å². The molecule has 3 N–H and O–H groups in total. The fourth-order valence-corrected chi connectivity index (χ4v) is 2.04. The van der Waals surface area contributed by atoms with Crippen molar-refractivity contribution in [2.45, 2.75) is 6.42 Å². The van der Waals surface area contributed by atoms with E-state index in [1.807, 2.05) is 19.3 Å². The summed E-state index contributed by atoms with van der Waals surface area (Å²) in [5.41, 5.74) is 8.41. The summed E-state index contributed by atoms with van der Waals surface area (Å²) in [5, 5.41) is 7.59. The number of nitrogen functional groups attached to an aromatic ring is 1. The highest BCUT2D eigenvalue weighted by Gasteiger charge is 2.04. The SMILES string of the molecule is Cn1ccc(CCNc2c(N)cncc2Br)n1. The minimum absolute atomic E-state index is 0.639. The Bertz CT molecular complexity index is 488. The number of rotatable bonds is 4. The molecule has 5 nitrogen and oxygen atoms in total. The molecule has 0 aliphatic rings. The molecule has 0 atom stereocenters. The number of nitrogens with two attached hydrogens (primary N) is 1. The van der Waals surface area contributed by atoms with E-state index in [1.165, 1.54) is 0 Å². The Kier molecular flexibility index (Phi) is 3.63. The molecule has 2 heterocycles. The van der Waals surface area contributed by atoms with Gasteiger partial charge in [-0.15, -0.1) is 0 Å². The average Bonchev–Trinajstić information content (AvgIpc) is 2.69. The molecule has 2 aromatic heterocycles. The van der Waals surface area contributed by atoms with Gasteiger partial charge < -0.3 is 11.1 Å². The first-order chi connectivity index (χ1) is 8.16. The third kappa shape index (κ3) is 2.97. The highest BCUT2D eigenvalue weighted by Crippen LogP contribution is 2.26. The van der Waals surface area contributed by atoms with Crippen LogP contribution < -0.4 is 11.1 Å². The predicted molar refractivity (Wildman–Crippen MR) is 71.8 cm³/mol. The van der Waals surface area contributed by atoms with Gasteiger partial charge in [-0.25, -0.2) is 0 Å². The van der Waals surface area contributed by atoms with E-state index in [1.54, 1.807) is 17.1 Å². The molecule has 0 unspecified atom stereocenters. The third-order valence-corrected chi connectivity index (χ3v) is 2.98. The Balaban J connectivity index is 1.94. The Morgan fingerprint density at radius 1 is 1.47 bits per heavy atom. The van der Waals surface area contributed by atoms with Gasteiger partial charge in [0.15, 0.2) is 0 Å². The van der Waals surface area contributed by atoms with E-state index in [0.717, 1.165) is 28.8 Å². The molecular weight excluding hydrogens is 282 g/mol. The van der Waals surface area contributed by atoms with Crippen molar-refractivity contribution in [1.82, 2.24) is 14.8 Å². The quantitative estimate of drug-likeness (QED) is 0.903. The molecule has 0 saturated carbocycles. The van der Waals surface area contributed by atoms with Crippen LogP contribution in [-0.4, -0.2) is 21.3 Å². The second kappa shape index (κ2) is 5.18. The number of hydrogen-bond acceptors (Lipinski definition) is 4. The molecule has 0 spiro atoms. The molecule has 0 fully saturated rings. The van der Waals surface area contributed by atoms with Gasteiger partial charge in [0, 0.05) is 32.4 Å². The van der Waals surface area contributed by atoms with E-state index in [2.05, 4.69) is 31.3 Å². The second-order valence-corrected chi connectivity index (χ2v) is 4.60. The monoisotopic (exact) mass is 295 g/mol. The fourth-order valence-electron chi connectivity index (χ4n) is 1.55. The van der Waals surface area contributed by atoms with Gasteiger partial charge in [-0.3, -0.25) is 9.67 Å². The Hall–Kier alpha value is -1.56. The van der Waals surface area contributed by atoms with Crippen LogP contribution >= 0.6 is 15.9 Å². The molecule has 2 aromatic rings. The number of halogens is 1. The summed E-state index contributed by atoms with van der Waals surface area (Å²) in [5.74, 6) is 0. The minimum atomic E-state index is 0.639. The maximum Gasteiger partial charge on any atom is 0.0750 e. The summed E-state index contributed by atoms with van der Waals surface area (Å²) in [6.07, 6.45) is 6.15. The third-order valence-electron chi connectivity index (χ3n) is 2.38. The summed E-state index contributed by atoms with van der Waals surface area (Å²) >= 11 is 3.41. The summed E-state index contributed by atoms with van der Waals surface area (Å²) in [6.45, 7) is 0.782. The number of pyridine rings is 1. The van der Waals surface area contributed by atoms with Crippen molar-refractivity contribution in [1.29, 1.82) is 0 Å². The first kappa shape index (κ1) is 11.9. The smallest absolute Gasteiger partial charge is 0.0750 e. The molecule has 0 radical (unpaired) electrons. The first-order valence-electron chi connectivity index (χ1n) is 5.28. The Morgan fingerprint density at radius 3 is 2.94 bits per heavy atom. The van der Waals surface area contributed by atoms with Crippen molar-refractivity contribution >= 4 is 27.3 Å². The van der Waals surface area contributed by atoms with Gasteiger partial charge in [0.05, 0.1) is 27.7 Å². The Labute approximate surface area is 108 Å². The normalized spacial score (nSPS) is 10.5. The highest BCUT2D eigenvalue weighted by molar-refractivity contribution is 9.10. The van der Waals surface area contributed by atoms with E-state index in [0.29, 0.717) is 5.69 Å². The molecule has 0 saturated heterocycles. The average molecular weight is 296 g/mol. The number of anilines is 2. The molecular formula is C11H14BrN5. The van der Waals surface area contributed by atoms with Crippen molar-refractivity contribution < 1.29 is 0 Å². The second-order valence-electron chi connectivity index (χ2n) is 3.74. The zero-order valence-corrected chi connectivity index (χ0v) is 11.1. The number of hydrogen-bond donors (Lipinski definition) is 2. The zero-order chi connectivity index (χ0) is 12.3. The van der Waals surface area contributed by atoms with E-state index in [-0.39, 0.29) is 0 Å². The van der Waals surface area contributed by atoms with E-state index < -0.39 is 0 Å². The standard InChI is InChI=1S/C11H14BrN5/c1-17-5-3-8(16-17)2-4-15-11-9(12)6-14-7-10(11)13/h3,5-7H,2,4,13H2,1H3,(H,14,15). The summed E-state index contributed by atoms with van der Waals surface area (Å²) in [4.78, 5) is 3.99. The summed E-state index contributed by atoms with van der Waals surface area (Å²) in [7, 11) is 1.91. The van der Waals surface area contributed by atoms with E-state index in [9.17, 15) is 0 Å². The lowest BCUT2D eigenvalue weighted by molar-refractivity contribution is 0.742. The lowest BCUT2D eigenvalue weighted by Gasteiger charge is -2.09. The van der Waals surface area contributed by atoms with Crippen molar-refractivity contribution in [2.75, 3.05) is 17.6 Å². The van der Waals surface area contributed by atoms with Crippen LogP contribution in [0.2, 0.25) is 0 Å². The van der Waals surface area contributed by atoms with Crippen LogP contribution in [0.3, 0.4) is 0 Å². The van der Waals surface area contributed by atoms with Crippen LogP contribution in [-0.2, 0) is 13.5 Å². The van der Waals surface area contributed by atoms with Crippen molar-refractivity contribution in [3.8, 4) is 0 Å². The topological polar surface area (TPSA) is 68.8 Å². The molecule has 2 rings (SSSR count). The fraction of sp³-hybridized carbons (Fsp3) is 0.273. The first-order valence-corrected chi connectivity index (χ1v) is 6.07. The van der Waals surface area contributed by atoms with Crippen LogP contribution in [0.15, 0.2) is 29.1 Å². The van der Waals surface area contributed by atoms with Gasteiger partial charge in [-0.05, 0) is 22.0 Å². The van der Waals surface area contributed by atoms with Gasteiger partial charge in [0.2, 0.25) is 0 Å². The van der Waals surface area contributed by atoms with Crippen molar-refractivity contribution in [2.24, 2.45) is 7.05 Å². The number of aromatic nitrogens is 3. The van der Waals surface area contributed by atoms with Crippen molar-refractivity contribution in [3.05, 3.63) is 34.8 Å². The largest absolute Gasteiger partial charge is 0.396 e. The van der Waals surface area contributed by atoms with Crippen molar-refractivity contribution in [3.63, 3.8) is 0 Å². The Morgan fingerprint density at radius 2 is 2.29 bits per heavy atom. The zero-order valence-electron chi connectivity index (χ0n) is 9.52. The van der Waals surface area contributed by atoms with Gasteiger partial charge in [0.25, 0.3) is 0 Å². The maximum atomic E-state index is 5.83. The van der Waals surface area contributed by atoms with Crippen LogP contribution in [0.25, 0.3) is 0 Å². The number of aryl methyl sites for hydroxylation is 1. The van der Waals surface area contributed by atoms with Crippen LogP contribution in [0.1, 0.15) is 5.69 Å². The molecule has 0 aliphatic heterocycles. The molecule has 0 amide bonds. The summed E-state index contributed by atoms with van der Waals surface area (Å²) < 4.78 is 2.67. The highest BCUT2D eigenvalue weighted by atomic mass is 79.9. The van der Waals surface area contributed by atoms with Gasteiger partial charge in [-0.1, -0.05) is 0 Å². The van der Waals surface area contributed by atoms with Crippen LogP contribution in [0.4, 0.5) is 11.4 Å². The molecule has 0 aromatic carbocycles. The maximum absolute atomic E-state index is 5.83. The van der Waals surface area contributed by atoms with Crippen LogP contribution in [0.5, 0.6) is 0 Å². The molecule has 0 bridgehead atoms. The van der Waals surface area contributed by atoms with E-state index in [4.69, 9.17) is 5.73 Å². The number of nitrogens with zero attached hydrogens (tertiary/aromatic N) is 3. The molecule has 17 heavy (non-hydrogen) atoms. The van der Waals surface area contributed by atoms with Gasteiger partial charge in [0.1, 0.15) is 0 Å². The predicted octanol–water partition coefficient (Wildman–Crippen LogP) is 1.81. The summed E-state index contributed by atoms with van der Waals surface area (Å²) in [6, 6.07) is 2.01. The lowest BCUT2D eigenvalue weighted by Crippen LogP contribution is -2.08. The van der Waals surface area contributed by atoms with Gasteiger partial charge >= 0.3 is 0 Å². The number of nitrogens with one attached hydrogen (secondary N) is 1. The lowest BCUT2D eigenvalue weighted by atomic mass is 10.3. The molecule has 6 heteroatoms. The van der Waals surface area contributed by atoms with Gasteiger partial charge in [-0.2, -0.15) is 5.10 Å². The molecule has 90 valence electrons. The molecule has 0 aliphatic carbocycles. The van der Waals surface area contributed by atoms with Crippen LogP contribution in [0, 0.1) is 0 Å².